The quantitative estimate of drug-likeness (QED) is 0.820. The van der Waals surface area contributed by atoms with E-state index in [9.17, 15) is 13.6 Å². The maximum atomic E-state index is 13.3. The van der Waals surface area contributed by atoms with E-state index in [0.29, 0.717) is 24.7 Å². The minimum absolute atomic E-state index is 0.0196. The van der Waals surface area contributed by atoms with Crippen LogP contribution in [0.4, 0.5) is 8.78 Å². The van der Waals surface area contributed by atoms with Crippen LogP contribution in [0.2, 0.25) is 0 Å². The number of hydrogen-bond acceptors (Lipinski definition) is 4. The van der Waals surface area contributed by atoms with Gasteiger partial charge in [-0.1, -0.05) is 12.1 Å². The van der Waals surface area contributed by atoms with Crippen molar-refractivity contribution in [2.75, 3.05) is 33.4 Å². The van der Waals surface area contributed by atoms with Crippen LogP contribution in [0, 0.1) is 11.6 Å². The van der Waals surface area contributed by atoms with Gasteiger partial charge in [-0.05, 0) is 24.3 Å². The van der Waals surface area contributed by atoms with Gasteiger partial charge in [-0.2, -0.15) is 0 Å². The lowest BCUT2D eigenvalue weighted by atomic mass is 10.1. The summed E-state index contributed by atoms with van der Waals surface area (Å²) < 4.78 is 43.3. The maximum Gasteiger partial charge on any atom is 0.254 e. The molecule has 1 aliphatic rings. The summed E-state index contributed by atoms with van der Waals surface area (Å²) in [4.78, 5) is 14.0. The Morgan fingerprint density at radius 3 is 2.58 bits per heavy atom. The molecule has 1 saturated heterocycles. The molecule has 0 radical (unpaired) electrons. The number of morpholine rings is 1. The Bertz CT molecular complexity index is 764. The van der Waals surface area contributed by atoms with Crippen molar-refractivity contribution in [2.24, 2.45) is 0 Å². The van der Waals surface area contributed by atoms with Crippen LogP contribution in [0.25, 0.3) is 0 Å². The highest BCUT2D eigenvalue weighted by atomic mass is 19.1. The van der Waals surface area contributed by atoms with Gasteiger partial charge in [0.05, 0.1) is 20.3 Å². The average Bonchev–Trinajstić information content (AvgIpc) is 2.65. The lowest BCUT2D eigenvalue weighted by molar-refractivity contribution is -0.0404. The first-order valence-electron chi connectivity index (χ1n) is 8.19. The van der Waals surface area contributed by atoms with Crippen LogP contribution >= 0.6 is 0 Å². The zero-order valence-corrected chi connectivity index (χ0v) is 14.3. The Morgan fingerprint density at radius 1 is 1.19 bits per heavy atom. The molecule has 0 spiro atoms. The van der Waals surface area contributed by atoms with Crippen molar-refractivity contribution in [1.29, 1.82) is 0 Å². The highest BCUT2D eigenvalue weighted by Crippen LogP contribution is 2.26. The molecule has 1 amide bonds. The number of benzene rings is 2. The zero-order chi connectivity index (χ0) is 18.5. The van der Waals surface area contributed by atoms with E-state index in [4.69, 9.17) is 14.2 Å². The number of hydrogen-bond donors (Lipinski definition) is 0. The lowest BCUT2D eigenvalue weighted by Crippen LogP contribution is -2.47. The first-order chi connectivity index (χ1) is 12.6. The van der Waals surface area contributed by atoms with Crippen LogP contribution in [-0.2, 0) is 4.74 Å². The number of amides is 1. The van der Waals surface area contributed by atoms with Crippen molar-refractivity contribution >= 4 is 5.91 Å². The van der Waals surface area contributed by atoms with Gasteiger partial charge in [0.25, 0.3) is 5.91 Å². The number of methoxy groups -OCH3 is 1. The Kier molecular flexibility index (Phi) is 5.68. The second-order valence-electron chi connectivity index (χ2n) is 5.86. The van der Waals surface area contributed by atoms with Gasteiger partial charge in [-0.25, -0.2) is 8.78 Å². The smallest absolute Gasteiger partial charge is 0.254 e. The molecule has 1 heterocycles. The van der Waals surface area contributed by atoms with Gasteiger partial charge in [0, 0.05) is 18.2 Å². The molecule has 3 rings (SSSR count). The SMILES string of the molecule is COc1ccccc1OC[C@@H]1CN(C(=O)c2cc(F)cc(F)c2)CCO1. The van der Waals surface area contributed by atoms with Gasteiger partial charge in [0.2, 0.25) is 0 Å². The number of para-hydroxylation sites is 2. The number of carbonyl (C=O) groups excluding carboxylic acids is 1. The third-order valence-corrected chi connectivity index (χ3v) is 4.03. The number of ether oxygens (including phenoxy) is 3. The second kappa shape index (κ2) is 8.14. The molecular formula is C19H19F2NO4. The van der Waals surface area contributed by atoms with E-state index in [1.54, 1.807) is 19.2 Å². The topological polar surface area (TPSA) is 48.0 Å². The summed E-state index contributed by atoms with van der Waals surface area (Å²) in [5.74, 6) is -0.815. The van der Waals surface area contributed by atoms with Gasteiger partial charge in [0.1, 0.15) is 24.3 Å². The van der Waals surface area contributed by atoms with Crippen molar-refractivity contribution in [3.8, 4) is 11.5 Å². The Labute approximate surface area is 150 Å². The summed E-state index contributed by atoms with van der Waals surface area (Å²) >= 11 is 0. The fourth-order valence-electron chi connectivity index (χ4n) is 2.79. The Morgan fingerprint density at radius 2 is 1.88 bits per heavy atom. The molecule has 0 bridgehead atoms. The molecule has 7 heteroatoms. The molecule has 2 aromatic carbocycles. The van der Waals surface area contributed by atoms with E-state index in [-0.39, 0.29) is 24.8 Å². The predicted octanol–water partition coefficient (Wildman–Crippen LogP) is 2.89. The summed E-state index contributed by atoms with van der Waals surface area (Å²) in [5.41, 5.74) is -0.0196. The van der Waals surface area contributed by atoms with E-state index in [0.717, 1.165) is 18.2 Å². The van der Waals surface area contributed by atoms with E-state index in [1.165, 1.54) is 4.90 Å². The molecule has 0 aliphatic carbocycles. The Hall–Kier alpha value is -2.67. The molecule has 0 N–H and O–H groups in total. The molecule has 1 fully saturated rings. The number of carbonyl (C=O) groups is 1. The minimum atomic E-state index is -0.780. The molecule has 0 saturated carbocycles. The average molecular weight is 363 g/mol. The largest absolute Gasteiger partial charge is 0.493 e. The highest BCUT2D eigenvalue weighted by molar-refractivity contribution is 5.94. The predicted molar refractivity (Wildman–Crippen MR) is 90.5 cm³/mol. The summed E-state index contributed by atoms with van der Waals surface area (Å²) in [5, 5.41) is 0. The van der Waals surface area contributed by atoms with Gasteiger partial charge in [-0.3, -0.25) is 4.79 Å². The molecule has 1 aliphatic heterocycles. The second-order valence-corrected chi connectivity index (χ2v) is 5.86. The fourth-order valence-corrected chi connectivity index (χ4v) is 2.79. The highest BCUT2D eigenvalue weighted by Gasteiger charge is 2.26. The van der Waals surface area contributed by atoms with Crippen LogP contribution in [0.5, 0.6) is 11.5 Å². The maximum absolute atomic E-state index is 13.3. The molecule has 26 heavy (non-hydrogen) atoms. The molecule has 1 atom stereocenters. The van der Waals surface area contributed by atoms with Crippen LogP contribution in [0.1, 0.15) is 10.4 Å². The first kappa shape index (κ1) is 18.1. The summed E-state index contributed by atoms with van der Waals surface area (Å²) in [6.45, 7) is 1.17. The molecular weight excluding hydrogens is 344 g/mol. The summed E-state index contributed by atoms with van der Waals surface area (Å²) in [6, 6.07) is 10.0. The molecule has 138 valence electrons. The molecule has 0 unspecified atom stereocenters. The number of rotatable bonds is 5. The van der Waals surface area contributed by atoms with Crippen LogP contribution in [-0.4, -0.2) is 50.3 Å². The van der Waals surface area contributed by atoms with E-state index in [2.05, 4.69) is 0 Å². The fraction of sp³-hybridized carbons (Fsp3) is 0.316. The molecule has 5 nitrogen and oxygen atoms in total. The third-order valence-electron chi connectivity index (χ3n) is 4.03. The van der Waals surface area contributed by atoms with Crippen molar-refractivity contribution in [3.63, 3.8) is 0 Å². The van der Waals surface area contributed by atoms with E-state index < -0.39 is 17.5 Å². The van der Waals surface area contributed by atoms with Crippen LogP contribution < -0.4 is 9.47 Å². The number of nitrogens with zero attached hydrogens (tertiary/aromatic N) is 1. The summed E-state index contributed by atoms with van der Waals surface area (Å²) in [7, 11) is 1.55. The van der Waals surface area contributed by atoms with E-state index in [1.807, 2.05) is 12.1 Å². The third kappa shape index (κ3) is 4.29. The van der Waals surface area contributed by atoms with Gasteiger partial charge in [-0.15, -0.1) is 0 Å². The zero-order valence-electron chi connectivity index (χ0n) is 14.3. The van der Waals surface area contributed by atoms with Gasteiger partial charge < -0.3 is 19.1 Å². The van der Waals surface area contributed by atoms with Crippen molar-refractivity contribution < 1.29 is 27.8 Å². The monoisotopic (exact) mass is 363 g/mol. The summed E-state index contributed by atoms with van der Waals surface area (Å²) in [6.07, 6.45) is -0.351. The van der Waals surface area contributed by atoms with Crippen LogP contribution in [0.15, 0.2) is 42.5 Å². The van der Waals surface area contributed by atoms with Gasteiger partial charge >= 0.3 is 0 Å². The van der Waals surface area contributed by atoms with E-state index >= 15 is 0 Å². The Balaban J connectivity index is 1.62. The first-order valence-corrected chi connectivity index (χ1v) is 8.19. The standard InChI is InChI=1S/C19H19F2NO4/c1-24-17-4-2-3-5-18(17)26-12-16-11-22(6-7-25-16)19(23)13-8-14(20)10-15(21)9-13/h2-5,8-10,16H,6-7,11-12H2,1H3/t16-/m0/s1. The van der Waals surface area contributed by atoms with Crippen molar-refractivity contribution in [1.82, 2.24) is 4.90 Å². The number of halogens is 2. The van der Waals surface area contributed by atoms with Gasteiger partial charge in [0.15, 0.2) is 11.5 Å². The van der Waals surface area contributed by atoms with Crippen LogP contribution in [0.3, 0.4) is 0 Å². The molecule has 2 aromatic rings. The lowest BCUT2D eigenvalue weighted by Gasteiger charge is -2.33. The van der Waals surface area contributed by atoms with Crippen molar-refractivity contribution in [3.05, 3.63) is 59.7 Å². The normalized spacial score (nSPS) is 17.0. The minimum Gasteiger partial charge on any atom is -0.493 e. The molecule has 0 aromatic heterocycles. The van der Waals surface area contributed by atoms with Crippen molar-refractivity contribution in [2.45, 2.75) is 6.10 Å².